The van der Waals surface area contributed by atoms with Crippen LogP contribution in [-0.4, -0.2) is 0 Å². The standard InChI is InChI=1S/C60H43N/c1-60(49-23-6-3-7-24-49)57-30-11-10-27-56(57)59-55(29-15-31-58(59)60)48-22-13-25-52(41-48)61(51-38-34-45(35-39-51)54-28-14-19-44-18-8-9-26-53(44)54)50-36-32-43(33-37-50)47-21-12-20-46(40-47)42-16-4-2-5-17-42/h2-41H,1H3. The van der Waals surface area contributed by atoms with Crippen LogP contribution in [0.4, 0.5) is 17.1 Å². The van der Waals surface area contributed by atoms with Gasteiger partial charge in [0.05, 0.1) is 0 Å². The Bertz CT molecular complexity index is 3180. The number of hydrogen-bond donors (Lipinski definition) is 0. The van der Waals surface area contributed by atoms with E-state index in [1.165, 1.54) is 83.1 Å². The Morgan fingerprint density at radius 1 is 0.311 bits per heavy atom. The van der Waals surface area contributed by atoms with Gasteiger partial charge in [0.15, 0.2) is 0 Å². The first-order valence-electron chi connectivity index (χ1n) is 21.2. The van der Waals surface area contributed by atoms with Crippen molar-refractivity contribution < 1.29 is 0 Å². The molecule has 10 aromatic carbocycles. The van der Waals surface area contributed by atoms with Crippen molar-refractivity contribution in [2.24, 2.45) is 0 Å². The predicted molar refractivity (Wildman–Crippen MR) is 258 cm³/mol. The highest BCUT2D eigenvalue weighted by atomic mass is 15.1. The zero-order valence-electron chi connectivity index (χ0n) is 34.0. The summed E-state index contributed by atoms with van der Waals surface area (Å²) in [5.74, 6) is 0. The minimum absolute atomic E-state index is 0.263. The Hall–Kier alpha value is -7.74. The van der Waals surface area contributed by atoms with Gasteiger partial charge < -0.3 is 4.90 Å². The third-order valence-electron chi connectivity index (χ3n) is 12.8. The van der Waals surface area contributed by atoms with E-state index in [9.17, 15) is 0 Å². The van der Waals surface area contributed by atoms with Crippen LogP contribution in [-0.2, 0) is 5.41 Å². The van der Waals surface area contributed by atoms with E-state index in [1.807, 2.05) is 0 Å². The van der Waals surface area contributed by atoms with Crippen LogP contribution in [0.2, 0.25) is 0 Å². The molecule has 10 aromatic rings. The van der Waals surface area contributed by atoms with Gasteiger partial charge in [-0.15, -0.1) is 0 Å². The molecule has 11 rings (SSSR count). The molecule has 0 N–H and O–H groups in total. The molecule has 1 unspecified atom stereocenters. The van der Waals surface area contributed by atoms with Crippen LogP contribution < -0.4 is 4.90 Å². The fourth-order valence-corrected chi connectivity index (χ4v) is 9.70. The normalized spacial score (nSPS) is 14.0. The lowest BCUT2D eigenvalue weighted by Crippen LogP contribution is -2.22. The van der Waals surface area contributed by atoms with Crippen LogP contribution in [0.3, 0.4) is 0 Å². The quantitative estimate of drug-likeness (QED) is 0.149. The molecule has 1 atom stereocenters. The highest BCUT2D eigenvalue weighted by Crippen LogP contribution is 2.55. The summed E-state index contributed by atoms with van der Waals surface area (Å²) < 4.78 is 0. The lowest BCUT2D eigenvalue weighted by Gasteiger charge is -2.28. The van der Waals surface area contributed by atoms with Gasteiger partial charge in [0.25, 0.3) is 0 Å². The summed E-state index contributed by atoms with van der Waals surface area (Å²) in [7, 11) is 0. The van der Waals surface area contributed by atoms with E-state index in [-0.39, 0.29) is 5.41 Å². The van der Waals surface area contributed by atoms with E-state index in [0.717, 1.165) is 17.1 Å². The number of hydrogen-bond acceptors (Lipinski definition) is 1. The summed E-state index contributed by atoms with van der Waals surface area (Å²) in [6.07, 6.45) is 0. The third-order valence-corrected chi connectivity index (χ3v) is 12.8. The number of anilines is 3. The second-order valence-corrected chi connectivity index (χ2v) is 16.2. The van der Waals surface area contributed by atoms with Crippen LogP contribution in [0, 0.1) is 0 Å². The number of fused-ring (bicyclic) bond motifs is 4. The van der Waals surface area contributed by atoms with Crippen LogP contribution in [0.15, 0.2) is 243 Å². The number of benzene rings is 10. The molecule has 61 heavy (non-hydrogen) atoms. The Morgan fingerprint density at radius 2 is 0.820 bits per heavy atom. The lowest BCUT2D eigenvalue weighted by molar-refractivity contribution is 0.714. The SMILES string of the molecule is CC1(c2ccccc2)c2ccccc2-c2c(-c3cccc(N(c4ccc(-c5cccc(-c6ccccc6)c5)cc4)c4ccc(-c5cccc6ccccc56)cc4)c3)cccc21. The molecule has 1 aliphatic rings. The summed E-state index contributed by atoms with van der Waals surface area (Å²) in [6, 6.07) is 88.6. The summed E-state index contributed by atoms with van der Waals surface area (Å²) in [4.78, 5) is 2.39. The second-order valence-electron chi connectivity index (χ2n) is 16.2. The van der Waals surface area contributed by atoms with Gasteiger partial charge in [0, 0.05) is 22.5 Å². The Balaban J connectivity index is 1.03. The molecule has 0 spiro atoms. The zero-order valence-corrected chi connectivity index (χ0v) is 34.0. The van der Waals surface area contributed by atoms with E-state index >= 15 is 0 Å². The van der Waals surface area contributed by atoms with E-state index in [2.05, 4.69) is 254 Å². The van der Waals surface area contributed by atoms with Crippen LogP contribution in [0.1, 0.15) is 23.6 Å². The van der Waals surface area contributed by atoms with Gasteiger partial charge in [0.1, 0.15) is 0 Å². The van der Waals surface area contributed by atoms with Crippen molar-refractivity contribution in [3.05, 3.63) is 259 Å². The van der Waals surface area contributed by atoms with Gasteiger partial charge in [-0.3, -0.25) is 0 Å². The molecule has 1 nitrogen and oxygen atoms in total. The van der Waals surface area contributed by atoms with E-state index in [0.29, 0.717) is 0 Å². The van der Waals surface area contributed by atoms with Gasteiger partial charge in [-0.2, -0.15) is 0 Å². The van der Waals surface area contributed by atoms with Crippen molar-refractivity contribution in [3.63, 3.8) is 0 Å². The molecule has 1 heteroatoms. The van der Waals surface area contributed by atoms with E-state index in [4.69, 9.17) is 0 Å². The maximum absolute atomic E-state index is 2.39. The van der Waals surface area contributed by atoms with Crippen LogP contribution in [0.25, 0.3) is 66.4 Å². The van der Waals surface area contributed by atoms with Gasteiger partial charge in [-0.1, -0.05) is 200 Å². The molecular formula is C60H43N. The van der Waals surface area contributed by atoms with Gasteiger partial charge in [-0.25, -0.2) is 0 Å². The molecule has 0 saturated heterocycles. The van der Waals surface area contributed by atoms with Gasteiger partial charge in [0.2, 0.25) is 0 Å². The molecule has 0 fully saturated rings. The van der Waals surface area contributed by atoms with Crippen molar-refractivity contribution in [1.82, 2.24) is 0 Å². The molecule has 0 aliphatic heterocycles. The zero-order chi connectivity index (χ0) is 40.8. The maximum Gasteiger partial charge on any atom is 0.0467 e. The molecule has 0 saturated carbocycles. The van der Waals surface area contributed by atoms with E-state index in [1.54, 1.807) is 0 Å². The Labute approximate surface area is 358 Å². The maximum atomic E-state index is 2.39. The summed E-state index contributed by atoms with van der Waals surface area (Å²) >= 11 is 0. The monoisotopic (exact) mass is 777 g/mol. The highest BCUT2D eigenvalue weighted by molar-refractivity contribution is 5.98. The minimum Gasteiger partial charge on any atom is -0.310 e. The fourth-order valence-electron chi connectivity index (χ4n) is 9.70. The Morgan fingerprint density at radius 3 is 1.59 bits per heavy atom. The second kappa shape index (κ2) is 15.1. The third kappa shape index (κ3) is 6.34. The lowest BCUT2D eigenvalue weighted by atomic mass is 9.74. The summed E-state index contributed by atoms with van der Waals surface area (Å²) in [5.41, 5.74) is 19.3. The average molecular weight is 778 g/mol. The number of nitrogens with zero attached hydrogens (tertiary/aromatic N) is 1. The fraction of sp³-hybridized carbons (Fsp3) is 0.0333. The highest BCUT2D eigenvalue weighted by Gasteiger charge is 2.41. The Kier molecular flexibility index (Phi) is 9.02. The van der Waals surface area contributed by atoms with Crippen molar-refractivity contribution in [1.29, 1.82) is 0 Å². The van der Waals surface area contributed by atoms with Crippen molar-refractivity contribution in [3.8, 4) is 55.6 Å². The number of rotatable bonds is 8. The average Bonchev–Trinajstić information content (AvgIpc) is 3.61. The van der Waals surface area contributed by atoms with Crippen molar-refractivity contribution in [2.75, 3.05) is 4.90 Å². The molecule has 0 bridgehead atoms. The topological polar surface area (TPSA) is 3.24 Å². The minimum atomic E-state index is -0.263. The molecule has 0 heterocycles. The predicted octanol–water partition coefficient (Wildman–Crippen LogP) is 16.3. The summed E-state index contributed by atoms with van der Waals surface area (Å²) in [6.45, 7) is 2.39. The molecular weight excluding hydrogens is 735 g/mol. The van der Waals surface area contributed by atoms with Gasteiger partial charge in [-0.05, 0) is 132 Å². The largest absolute Gasteiger partial charge is 0.310 e. The first kappa shape index (κ1) is 36.3. The van der Waals surface area contributed by atoms with Crippen LogP contribution >= 0.6 is 0 Å². The molecule has 1 aliphatic carbocycles. The van der Waals surface area contributed by atoms with Crippen molar-refractivity contribution in [2.45, 2.75) is 12.3 Å². The van der Waals surface area contributed by atoms with Crippen LogP contribution in [0.5, 0.6) is 0 Å². The van der Waals surface area contributed by atoms with Gasteiger partial charge >= 0.3 is 0 Å². The first-order chi connectivity index (χ1) is 30.1. The molecule has 0 radical (unpaired) electrons. The first-order valence-corrected chi connectivity index (χ1v) is 21.2. The van der Waals surface area contributed by atoms with Crippen molar-refractivity contribution >= 4 is 27.8 Å². The molecule has 288 valence electrons. The van der Waals surface area contributed by atoms with E-state index < -0.39 is 0 Å². The smallest absolute Gasteiger partial charge is 0.0467 e. The summed E-state index contributed by atoms with van der Waals surface area (Å²) in [5, 5.41) is 2.51. The molecule has 0 aromatic heterocycles. The molecule has 0 amide bonds.